The zero-order valence-corrected chi connectivity index (χ0v) is 19.1. The SMILES string of the molecule is C=CCN(CC=C)S(=O)(=O)c1cnccc1NS(=O)(=O)/C=C/c1ccc(Cl)cc1OC. The molecule has 0 unspecified atom stereocenters. The number of nitrogens with zero attached hydrogens (tertiary/aromatic N) is 2. The lowest BCUT2D eigenvalue weighted by Gasteiger charge is -2.20. The Hall–Kier alpha value is -2.66. The van der Waals surface area contributed by atoms with Crippen LogP contribution in [0.2, 0.25) is 5.02 Å². The molecule has 0 saturated heterocycles. The monoisotopic (exact) mass is 483 g/mol. The first kappa shape index (κ1) is 24.6. The molecule has 1 N–H and O–H groups in total. The Kier molecular flexibility index (Phi) is 8.40. The van der Waals surface area contributed by atoms with Crippen LogP contribution in [-0.4, -0.2) is 46.3 Å². The highest BCUT2D eigenvalue weighted by Crippen LogP contribution is 2.27. The van der Waals surface area contributed by atoms with Crippen LogP contribution in [0.1, 0.15) is 5.56 Å². The van der Waals surface area contributed by atoms with E-state index in [9.17, 15) is 16.8 Å². The predicted octanol–water partition coefficient (Wildman–Crippen LogP) is 3.52. The van der Waals surface area contributed by atoms with Crippen LogP contribution in [0, 0.1) is 0 Å². The van der Waals surface area contributed by atoms with Gasteiger partial charge in [0.15, 0.2) is 0 Å². The van der Waals surface area contributed by atoms with E-state index >= 15 is 0 Å². The molecule has 8 nitrogen and oxygen atoms in total. The fourth-order valence-corrected chi connectivity index (χ4v) is 5.12. The van der Waals surface area contributed by atoms with Crippen molar-refractivity contribution in [2.45, 2.75) is 4.90 Å². The summed E-state index contributed by atoms with van der Waals surface area (Å²) in [7, 11) is -6.71. The molecule has 0 fully saturated rings. The van der Waals surface area contributed by atoms with Crippen molar-refractivity contribution >= 4 is 43.4 Å². The maximum atomic E-state index is 13.0. The molecule has 0 spiro atoms. The number of sulfonamides is 2. The van der Waals surface area contributed by atoms with Gasteiger partial charge in [-0.3, -0.25) is 9.71 Å². The third-order valence-corrected chi connectivity index (χ3v) is 7.04. The quantitative estimate of drug-likeness (QED) is 0.490. The molecule has 0 saturated carbocycles. The second-order valence-electron chi connectivity index (χ2n) is 6.11. The van der Waals surface area contributed by atoms with E-state index in [-0.39, 0.29) is 23.7 Å². The van der Waals surface area contributed by atoms with E-state index in [2.05, 4.69) is 22.9 Å². The van der Waals surface area contributed by atoms with Crippen molar-refractivity contribution in [3.63, 3.8) is 0 Å². The van der Waals surface area contributed by atoms with E-state index in [1.165, 1.54) is 37.6 Å². The summed E-state index contributed by atoms with van der Waals surface area (Å²) in [6, 6.07) is 5.99. The third kappa shape index (κ3) is 6.41. The molecule has 0 aliphatic rings. The Morgan fingerprint density at radius 3 is 2.45 bits per heavy atom. The standard InChI is InChI=1S/C20H22ClN3O5S2/c1-4-11-24(12-5-2)31(27,28)20-15-22-10-8-18(20)23-30(25,26)13-9-16-6-7-17(21)14-19(16)29-3/h4-10,13-15H,1-2,11-12H2,3H3,(H,22,23)/b13-9+. The number of anilines is 1. The summed E-state index contributed by atoms with van der Waals surface area (Å²) in [5, 5.41) is 1.34. The molecule has 2 aromatic rings. The average Bonchev–Trinajstić information content (AvgIpc) is 2.72. The van der Waals surface area contributed by atoms with E-state index in [0.29, 0.717) is 16.3 Å². The van der Waals surface area contributed by atoms with Gasteiger partial charge >= 0.3 is 0 Å². The van der Waals surface area contributed by atoms with E-state index in [4.69, 9.17) is 16.3 Å². The first-order valence-corrected chi connectivity index (χ1v) is 12.2. The van der Waals surface area contributed by atoms with Gasteiger partial charge in [0.1, 0.15) is 10.6 Å². The molecule has 1 aromatic heterocycles. The summed E-state index contributed by atoms with van der Waals surface area (Å²) < 4.78 is 59.8. The summed E-state index contributed by atoms with van der Waals surface area (Å²) in [5.41, 5.74) is 0.337. The van der Waals surface area contributed by atoms with Crippen molar-refractivity contribution < 1.29 is 21.6 Å². The van der Waals surface area contributed by atoms with E-state index < -0.39 is 20.0 Å². The van der Waals surface area contributed by atoms with Crippen molar-refractivity contribution in [1.82, 2.24) is 9.29 Å². The van der Waals surface area contributed by atoms with Crippen LogP contribution in [0.15, 0.2) is 72.3 Å². The van der Waals surface area contributed by atoms with Crippen LogP contribution in [-0.2, 0) is 20.0 Å². The molecule has 2 rings (SSSR count). The zero-order valence-electron chi connectivity index (χ0n) is 16.7. The highest BCUT2D eigenvalue weighted by atomic mass is 35.5. The summed E-state index contributed by atoms with van der Waals surface area (Å²) in [4.78, 5) is 3.54. The number of ether oxygens (including phenoxy) is 1. The molecule has 166 valence electrons. The van der Waals surface area contributed by atoms with Crippen LogP contribution in [0.3, 0.4) is 0 Å². The maximum absolute atomic E-state index is 13.0. The summed E-state index contributed by atoms with van der Waals surface area (Å²) >= 11 is 5.91. The van der Waals surface area contributed by atoms with E-state index in [0.717, 1.165) is 15.9 Å². The lowest BCUT2D eigenvalue weighted by atomic mass is 10.2. The van der Waals surface area contributed by atoms with Gasteiger partial charge in [0.25, 0.3) is 10.0 Å². The average molecular weight is 484 g/mol. The molecular weight excluding hydrogens is 462 g/mol. The van der Waals surface area contributed by atoms with Crippen LogP contribution < -0.4 is 9.46 Å². The Morgan fingerprint density at radius 2 is 1.84 bits per heavy atom. The molecule has 0 radical (unpaired) electrons. The van der Waals surface area contributed by atoms with Gasteiger partial charge in [-0.15, -0.1) is 13.2 Å². The van der Waals surface area contributed by atoms with Gasteiger partial charge in [0.2, 0.25) is 10.0 Å². The molecule has 0 atom stereocenters. The molecule has 0 aliphatic heterocycles. The van der Waals surface area contributed by atoms with Gasteiger partial charge in [0, 0.05) is 36.1 Å². The predicted molar refractivity (Wildman–Crippen MR) is 123 cm³/mol. The number of hydrogen-bond acceptors (Lipinski definition) is 6. The third-order valence-electron chi connectivity index (χ3n) is 3.94. The lowest BCUT2D eigenvalue weighted by Crippen LogP contribution is -2.32. The minimum absolute atomic E-state index is 0.0195. The maximum Gasteiger partial charge on any atom is 0.255 e. The molecule has 0 amide bonds. The van der Waals surface area contributed by atoms with E-state index in [1.807, 2.05) is 0 Å². The van der Waals surface area contributed by atoms with Crippen molar-refractivity contribution in [1.29, 1.82) is 0 Å². The summed E-state index contributed by atoms with van der Waals surface area (Å²) in [6.45, 7) is 7.14. The van der Waals surface area contributed by atoms with Gasteiger partial charge in [-0.05, 0) is 30.3 Å². The molecule has 0 aliphatic carbocycles. The topological polar surface area (TPSA) is 106 Å². The highest BCUT2D eigenvalue weighted by Gasteiger charge is 2.27. The van der Waals surface area contributed by atoms with Crippen molar-refractivity contribution in [3.05, 3.63) is 78.0 Å². The number of hydrogen-bond donors (Lipinski definition) is 1. The Morgan fingerprint density at radius 1 is 1.16 bits per heavy atom. The minimum Gasteiger partial charge on any atom is -0.496 e. The first-order chi connectivity index (χ1) is 14.6. The van der Waals surface area contributed by atoms with Gasteiger partial charge in [-0.25, -0.2) is 16.8 Å². The molecule has 1 heterocycles. The molecule has 0 bridgehead atoms. The molecule has 1 aromatic carbocycles. The fourth-order valence-electron chi connectivity index (χ4n) is 2.54. The fraction of sp³-hybridized carbons (Fsp3) is 0.150. The second kappa shape index (κ2) is 10.6. The lowest BCUT2D eigenvalue weighted by molar-refractivity contribution is 0.414. The molecular formula is C20H22ClN3O5S2. The number of pyridine rings is 1. The second-order valence-corrected chi connectivity index (χ2v) is 10.0. The largest absolute Gasteiger partial charge is 0.496 e. The van der Waals surface area contributed by atoms with Crippen LogP contribution >= 0.6 is 11.6 Å². The molecule has 31 heavy (non-hydrogen) atoms. The Balaban J connectivity index is 2.39. The number of benzene rings is 1. The van der Waals surface area contributed by atoms with Crippen molar-refractivity contribution in [2.24, 2.45) is 0 Å². The van der Waals surface area contributed by atoms with Crippen LogP contribution in [0.25, 0.3) is 6.08 Å². The zero-order chi connectivity index (χ0) is 23.1. The van der Waals surface area contributed by atoms with Crippen LogP contribution in [0.5, 0.6) is 5.75 Å². The van der Waals surface area contributed by atoms with Crippen LogP contribution in [0.4, 0.5) is 5.69 Å². The first-order valence-electron chi connectivity index (χ1n) is 8.85. The number of nitrogens with one attached hydrogen (secondary N) is 1. The van der Waals surface area contributed by atoms with Gasteiger partial charge in [-0.1, -0.05) is 23.8 Å². The van der Waals surface area contributed by atoms with Gasteiger partial charge in [0.05, 0.1) is 18.2 Å². The smallest absolute Gasteiger partial charge is 0.255 e. The number of halogens is 1. The Bertz CT molecular complexity index is 1190. The van der Waals surface area contributed by atoms with Gasteiger partial charge in [-0.2, -0.15) is 4.31 Å². The minimum atomic E-state index is -4.07. The van der Waals surface area contributed by atoms with Crippen molar-refractivity contribution in [2.75, 3.05) is 24.9 Å². The molecule has 11 heteroatoms. The summed E-state index contributed by atoms with van der Waals surface area (Å²) in [6.07, 6.45) is 6.52. The summed E-state index contributed by atoms with van der Waals surface area (Å²) in [5.74, 6) is 0.385. The number of rotatable bonds is 11. The normalized spacial score (nSPS) is 12.1. The highest BCUT2D eigenvalue weighted by molar-refractivity contribution is 7.95. The number of aromatic nitrogens is 1. The van der Waals surface area contributed by atoms with Gasteiger partial charge < -0.3 is 4.74 Å². The van der Waals surface area contributed by atoms with Crippen molar-refractivity contribution in [3.8, 4) is 5.75 Å². The van der Waals surface area contributed by atoms with E-state index in [1.54, 1.807) is 18.2 Å². The number of methoxy groups -OCH3 is 1. The Labute approximate surface area is 187 Å².